The molecule has 158 valence electrons. The van der Waals surface area contributed by atoms with Gasteiger partial charge in [0.1, 0.15) is 11.5 Å². The molecule has 2 aliphatic rings. The van der Waals surface area contributed by atoms with Crippen LogP contribution >= 0.6 is 11.8 Å². The highest BCUT2D eigenvalue weighted by molar-refractivity contribution is 8.16. The molecule has 0 saturated carbocycles. The van der Waals surface area contributed by atoms with Crippen LogP contribution in [0.2, 0.25) is 0 Å². The van der Waals surface area contributed by atoms with E-state index in [9.17, 15) is 13.2 Å². The number of amides is 1. The Bertz CT molecular complexity index is 1080. The van der Waals surface area contributed by atoms with Crippen molar-refractivity contribution in [1.82, 2.24) is 0 Å². The van der Waals surface area contributed by atoms with Gasteiger partial charge in [-0.25, -0.2) is 8.42 Å². The number of ether oxygens (including phenoxy) is 2. The summed E-state index contributed by atoms with van der Waals surface area (Å²) in [4.78, 5) is 19.0. The van der Waals surface area contributed by atoms with Crippen LogP contribution < -0.4 is 14.4 Å². The Morgan fingerprint density at radius 3 is 2.53 bits per heavy atom. The molecule has 2 heterocycles. The number of hydrogen-bond acceptors (Lipinski definition) is 6. The molecule has 0 aliphatic carbocycles. The number of rotatable bonds is 5. The van der Waals surface area contributed by atoms with Gasteiger partial charge in [0, 0.05) is 16.5 Å². The highest BCUT2D eigenvalue weighted by Crippen LogP contribution is 2.41. The maximum Gasteiger partial charge on any atom is 0.252 e. The number of amidine groups is 1. The summed E-state index contributed by atoms with van der Waals surface area (Å²) in [6.45, 7) is 0. The van der Waals surface area contributed by atoms with Crippen molar-refractivity contribution < 1.29 is 22.7 Å². The van der Waals surface area contributed by atoms with Gasteiger partial charge in [-0.3, -0.25) is 4.79 Å². The van der Waals surface area contributed by atoms with Crippen LogP contribution in [0.3, 0.4) is 0 Å². The second-order valence-corrected chi connectivity index (χ2v) is 10.5. The van der Waals surface area contributed by atoms with E-state index in [1.165, 1.54) is 11.8 Å². The molecule has 2 atom stereocenters. The molecule has 2 saturated heterocycles. The lowest BCUT2D eigenvalue weighted by molar-refractivity contribution is -0.117. The van der Waals surface area contributed by atoms with E-state index >= 15 is 0 Å². The van der Waals surface area contributed by atoms with E-state index in [1.807, 2.05) is 47.4 Å². The number of carbonyl (C=O) groups excluding carboxylic acids is 1. The number of sulfone groups is 1. The van der Waals surface area contributed by atoms with Crippen molar-refractivity contribution in [3.8, 4) is 11.5 Å². The van der Waals surface area contributed by atoms with Gasteiger partial charge in [-0.2, -0.15) is 4.99 Å². The first-order valence-electron chi connectivity index (χ1n) is 9.44. The van der Waals surface area contributed by atoms with Gasteiger partial charge in [0.2, 0.25) is 0 Å². The number of aliphatic imine (C=N–C) groups is 1. The molecule has 2 aromatic carbocycles. The van der Waals surface area contributed by atoms with E-state index in [4.69, 9.17) is 9.47 Å². The van der Waals surface area contributed by atoms with Crippen LogP contribution in [0.25, 0.3) is 0 Å². The van der Waals surface area contributed by atoms with E-state index in [-0.39, 0.29) is 35.1 Å². The number of benzene rings is 2. The Balaban J connectivity index is 1.64. The highest BCUT2D eigenvalue weighted by Gasteiger charge is 2.49. The molecule has 7 nitrogen and oxygen atoms in total. The standard InChI is InChI=1S/C21H22N2O5S2/c1-27-16-9-7-15(8-10-16)23-17-12-30(25,26)13-19(17)29-21(23)22-20(24)11-14-5-3-4-6-18(14)28-2/h3-10,17,19H,11-13H2,1-2H3/t17-,19-/m1/s1. The third-order valence-electron chi connectivity index (χ3n) is 5.17. The molecule has 30 heavy (non-hydrogen) atoms. The van der Waals surface area contributed by atoms with Crippen LogP contribution in [0.5, 0.6) is 11.5 Å². The SMILES string of the molecule is COc1ccc(N2C(=NC(=O)Cc3ccccc3OC)S[C@@H]3CS(=O)(=O)C[C@H]32)cc1. The number of carbonyl (C=O) groups is 1. The molecule has 2 aromatic rings. The summed E-state index contributed by atoms with van der Waals surface area (Å²) in [7, 11) is 0.0392. The Morgan fingerprint density at radius 1 is 1.10 bits per heavy atom. The molecular formula is C21H22N2O5S2. The monoisotopic (exact) mass is 446 g/mol. The van der Waals surface area contributed by atoms with E-state index in [0.717, 1.165) is 11.3 Å². The number of thioether (sulfide) groups is 1. The molecule has 9 heteroatoms. The molecule has 0 N–H and O–H groups in total. The van der Waals surface area contributed by atoms with Crippen molar-refractivity contribution in [3.63, 3.8) is 0 Å². The third kappa shape index (κ3) is 4.17. The molecule has 0 spiro atoms. The van der Waals surface area contributed by atoms with Crippen molar-refractivity contribution in [2.24, 2.45) is 4.99 Å². The van der Waals surface area contributed by atoms with Gasteiger partial charge < -0.3 is 14.4 Å². The number of anilines is 1. The molecule has 0 bridgehead atoms. The van der Waals surface area contributed by atoms with Crippen molar-refractivity contribution in [2.75, 3.05) is 30.6 Å². The molecule has 0 unspecified atom stereocenters. The fourth-order valence-corrected chi connectivity index (χ4v) is 7.70. The second kappa shape index (κ2) is 8.31. The zero-order valence-corrected chi connectivity index (χ0v) is 18.3. The summed E-state index contributed by atoms with van der Waals surface area (Å²) in [5, 5.41) is 0.389. The summed E-state index contributed by atoms with van der Waals surface area (Å²) >= 11 is 1.36. The second-order valence-electron chi connectivity index (χ2n) is 7.15. The van der Waals surface area contributed by atoms with Gasteiger partial charge in [-0.15, -0.1) is 0 Å². The maximum absolute atomic E-state index is 12.7. The third-order valence-corrected chi connectivity index (χ3v) is 8.38. The number of nitrogens with zero attached hydrogens (tertiary/aromatic N) is 2. The van der Waals surface area contributed by atoms with Gasteiger partial charge in [-0.05, 0) is 30.3 Å². The van der Waals surface area contributed by atoms with E-state index in [0.29, 0.717) is 16.7 Å². The lowest BCUT2D eigenvalue weighted by Crippen LogP contribution is -2.37. The number of methoxy groups -OCH3 is 2. The molecule has 2 aliphatic heterocycles. The number of fused-ring (bicyclic) bond motifs is 1. The van der Waals surface area contributed by atoms with E-state index < -0.39 is 9.84 Å². The van der Waals surface area contributed by atoms with Gasteiger partial charge in [-0.1, -0.05) is 30.0 Å². The average Bonchev–Trinajstić information content (AvgIpc) is 3.19. The summed E-state index contributed by atoms with van der Waals surface area (Å²) in [5.41, 5.74) is 1.55. The normalized spacial score (nSPS) is 23.4. The minimum absolute atomic E-state index is 0.0520. The summed E-state index contributed by atoms with van der Waals surface area (Å²) in [6.07, 6.45) is 0.109. The van der Waals surface area contributed by atoms with Crippen LogP contribution in [0, 0.1) is 0 Å². The quantitative estimate of drug-likeness (QED) is 0.698. The summed E-state index contributed by atoms with van der Waals surface area (Å²) in [6, 6.07) is 14.4. The van der Waals surface area contributed by atoms with Crippen molar-refractivity contribution in [1.29, 1.82) is 0 Å². The van der Waals surface area contributed by atoms with Gasteiger partial charge >= 0.3 is 0 Å². The summed E-state index contributed by atoms with van der Waals surface area (Å²) in [5.74, 6) is 1.18. The molecule has 4 rings (SSSR count). The molecule has 0 radical (unpaired) electrons. The van der Waals surface area contributed by atoms with Crippen LogP contribution in [-0.2, 0) is 21.1 Å². The predicted molar refractivity (Wildman–Crippen MR) is 118 cm³/mol. The fourth-order valence-electron chi connectivity index (χ4n) is 3.77. The van der Waals surface area contributed by atoms with Crippen molar-refractivity contribution in [2.45, 2.75) is 17.7 Å². The van der Waals surface area contributed by atoms with Crippen LogP contribution in [-0.4, -0.2) is 56.5 Å². The topological polar surface area (TPSA) is 85.3 Å². The average molecular weight is 447 g/mol. The van der Waals surface area contributed by atoms with Gasteiger partial charge in [0.15, 0.2) is 15.0 Å². The van der Waals surface area contributed by atoms with Crippen LogP contribution in [0.15, 0.2) is 53.5 Å². The lowest BCUT2D eigenvalue weighted by Gasteiger charge is -2.24. The van der Waals surface area contributed by atoms with Crippen LogP contribution in [0.1, 0.15) is 5.56 Å². The Hall–Kier alpha value is -2.52. The van der Waals surface area contributed by atoms with E-state index in [2.05, 4.69) is 4.99 Å². The smallest absolute Gasteiger partial charge is 0.252 e. The first-order chi connectivity index (χ1) is 14.4. The lowest BCUT2D eigenvalue weighted by atomic mass is 10.1. The number of hydrogen-bond donors (Lipinski definition) is 0. The van der Waals surface area contributed by atoms with E-state index in [1.54, 1.807) is 20.3 Å². The largest absolute Gasteiger partial charge is 0.497 e. The minimum Gasteiger partial charge on any atom is -0.497 e. The van der Waals surface area contributed by atoms with Crippen molar-refractivity contribution in [3.05, 3.63) is 54.1 Å². The highest BCUT2D eigenvalue weighted by atomic mass is 32.2. The van der Waals surface area contributed by atoms with Crippen LogP contribution in [0.4, 0.5) is 5.69 Å². The zero-order chi connectivity index (χ0) is 21.3. The molecule has 0 aromatic heterocycles. The molecular weight excluding hydrogens is 424 g/mol. The minimum atomic E-state index is -3.11. The first-order valence-corrected chi connectivity index (χ1v) is 12.1. The maximum atomic E-state index is 12.7. The molecule has 1 amide bonds. The zero-order valence-electron chi connectivity index (χ0n) is 16.6. The Morgan fingerprint density at radius 2 is 1.83 bits per heavy atom. The van der Waals surface area contributed by atoms with Gasteiger partial charge in [0.25, 0.3) is 5.91 Å². The Labute approximate surface area is 180 Å². The fraction of sp³-hybridized carbons (Fsp3) is 0.333. The van der Waals surface area contributed by atoms with Crippen molar-refractivity contribution >= 4 is 38.4 Å². The Kier molecular flexibility index (Phi) is 5.75. The molecule has 2 fully saturated rings. The van der Waals surface area contributed by atoms with Gasteiger partial charge in [0.05, 0.1) is 38.2 Å². The summed E-state index contributed by atoms with van der Waals surface area (Å²) < 4.78 is 34.9. The first kappa shape index (κ1) is 20.7. The number of para-hydroxylation sites is 1. The predicted octanol–water partition coefficient (Wildman–Crippen LogP) is 2.55.